The first-order valence-electron chi connectivity index (χ1n) is 4.99. The average Bonchev–Trinajstić information content (AvgIpc) is 2.33. The van der Waals surface area contributed by atoms with Gasteiger partial charge in [-0.2, -0.15) is 0 Å². The highest BCUT2D eigenvalue weighted by molar-refractivity contribution is 6.00. The second kappa shape index (κ2) is 5.60. The van der Waals surface area contributed by atoms with Crippen LogP contribution >= 0.6 is 0 Å². The number of hydrogen-bond acceptors (Lipinski definition) is 4. The van der Waals surface area contributed by atoms with Gasteiger partial charge in [-0.05, 0) is 12.8 Å². The quantitative estimate of drug-likeness (QED) is 0.623. The van der Waals surface area contributed by atoms with Crippen LogP contribution in [0.2, 0.25) is 0 Å². The van der Waals surface area contributed by atoms with Crippen LogP contribution in [-0.2, 0) is 19.1 Å². The highest BCUT2D eigenvalue weighted by Gasteiger charge is 2.25. The molecule has 1 aliphatic rings. The first-order chi connectivity index (χ1) is 7.15. The highest BCUT2D eigenvalue weighted by Crippen LogP contribution is 2.12. The zero-order valence-corrected chi connectivity index (χ0v) is 8.82. The first-order valence-corrected chi connectivity index (χ1v) is 4.99. The van der Waals surface area contributed by atoms with Gasteiger partial charge in [0.25, 0.3) is 0 Å². The maximum absolute atomic E-state index is 11.5. The summed E-state index contributed by atoms with van der Waals surface area (Å²) >= 11 is 0. The monoisotopic (exact) mass is 213 g/mol. The van der Waals surface area contributed by atoms with Crippen molar-refractivity contribution in [3.05, 3.63) is 0 Å². The number of hydrogen-bond donors (Lipinski definition) is 0. The average molecular weight is 213 g/mol. The van der Waals surface area contributed by atoms with Gasteiger partial charge in [0.2, 0.25) is 11.8 Å². The molecule has 0 radical (unpaired) electrons. The fraction of sp³-hybridized carbons (Fsp3) is 0.700. The van der Waals surface area contributed by atoms with Gasteiger partial charge in [-0.15, -0.1) is 0 Å². The Morgan fingerprint density at radius 3 is 2.27 bits per heavy atom. The maximum atomic E-state index is 11.5. The first kappa shape index (κ1) is 11.8. The molecular weight excluding hydrogens is 198 g/mol. The fourth-order valence-corrected chi connectivity index (χ4v) is 1.52. The molecule has 0 bridgehead atoms. The van der Waals surface area contributed by atoms with Crippen molar-refractivity contribution in [1.82, 2.24) is 4.90 Å². The zero-order chi connectivity index (χ0) is 11.3. The molecule has 15 heavy (non-hydrogen) atoms. The Bertz CT molecular complexity index is 257. The Labute approximate surface area is 88.4 Å². The summed E-state index contributed by atoms with van der Waals surface area (Å²) in [5.74, 6) is -0.745. The topological polar surface area (TPSA) is 63.7 Å². The number of imide groups is 1. The van der Waals surface area contributed by atoms with Crippen LogP contribution in [0.25, 0.3) is 0 Å². The van der Waals surface area contributed by atoms with E-state index in [1.54, 1.807) is 0 Å². The molecule has 0 saturated carbocycles. The minimum Gasteiger partial charge on any atom is -0.377 e. The molecule has 2 amide bonds. The Morgan fingerprint density at radius 2 is 1.80 bits per heavy atom. The maximum Gasteiger partial charge on any atom is 0.229 e. The van der Waals surface area contributed by atoms with Gasteiger partial charge in [-0.3, -0.25) is 19.3 Å². The Balaban J connectivity index is 2.59. The number of likely N-dealkylation sites (tertiary alicyclic amines) is 1. The Kier molecular flexibility index (Phi) is 4.42. The predicted octanol–water partition coefficient (Wildman–Crippen LogP) is 0.131. The summed E-state index contributed by atoms with van der Waals surface area (Å²) in [4.78, 5) is 35.2. The van der Waals surface area contributed by atoms with Crippen LogP contribution < -0.4 is 0 Å². The van der Waals surface area contributed by atoms with E-state index in [0.717, 1.165) is 17.7 Å². The zero-order valence-electron chi connectivity index (χ0n) is 8.82. The van der Waals surface area contributed by atoms with Crippen LogP contribution in [0.5, 0.6) is 0 Å². The van der Waals surface area contributed by atoms with E-state index in [-0.39, 0.29) is 30.7 Å². The van der Waals surface area contributed by atoms with Crippen LogP contribution in [0.3, 0.4) is 0 Å². The van der Waals surface area contributed by atoms with E-state index in [1.165, 1.54) is 7.11 Å². The van der Waals surface area contributed by atoms with Crippen molar-refractivity contribution in [2.24, 2.45) is 0 Å². The molecule has 1 fully saturated rings. The molecule has 0 N–H and O–H groups in total. The largest absolute Gasteiger partial charge is 0.377 e. The number of ether oxygens (including phenoxy) is 1. The van der Waals surface area contributed by atoms with Crippen molar-refractivity contribution in [3.63, 3.8) is 0 Å². The van der Waals surface area contributed by atoms with Crippen LogP contribution in [0.4, 0.5) is 0 Å². The van der Waals surface area contributed by atoms with Gasteiger partial charge < -0.3 is 4.74 Å². The molecule has 0 unspecified atom stereocenters. The summed E-state index contributed by atoms with van der Waals surface area (Å²) in [5, 5.41) is 0. The van der Waals surface area contributed by atoms with Crippen LogP contribution in [-0.4, -0.2) is 42.8 Å². The lowest BCUT2D eigenvalue weighted by Crippen LogP contribution is -2.40. The molecule has 1 rings (SSSR count). The number of ketones is 1. The number of carbonyl (C=O) groups excluding carboxylic acids is 3. The molecule has 0 aliphatic carbocycles. The summed E-state index contributed by atoms with van der Waals surface area (Å²) in [6.07, 6.45) is 2.15. The van der Waals surface area contributed by atoms with Gasteiger partial charge in [0.05, 0.1) is 6.54 Å². The van der Waals surface area contributed by atoms with E-state index in [9.17, 15) is 14.4 Å². The van der Waals surface area contributed by atoms with Crippen molar-refractivity contribution in [2.75, 3.05) is 20.3 Å². The lowest BCUT2D eigenvalue weighted by Gasteiger charge is -2.17. The summed E-state index contributed by atoms with van der Waals surface area (Å²) in [7, 11) is 1.41. The molecule has 0 spiro atoms. The number of rotatable bonds is 4. The van der Waals surface area contributed by atoms with Crippen molar-refractivity contribution in [2.45, 2.75) is 25.7 Å². The standard InChI is InChI=1S/C10H15NO4/c1-15-7-8(12)6-11-9(13)4-2-3-5-10(11)14/h2-7H2,1H3. The number of Topliss-reactive ketones (excluding diaryl/α,β-unsaturated/α-hetero) is 1. The number of carbonyl (C=O) groups is 3. The van der Waals surface area contributed by atoms with E-state index >= 15 is 0 Å². The number of nitrogens with zero attached hydrogens (tertiary/aromatic N) is 1. The van der Waals surface area contributed by atoms with E-state index in [1.807, 2.05) is 0 Å². The summed E-state index contributed by atoms with van der Waals surface area (Å²) in [6, 6.07) is 0. The predicted molar refractivity (Wildman–Crippen MR) is 52.1 cm³/mol. The lowest BCUT2D eigenvalue weighted by molar-refractivity contribution is -0.147. The third kappa shape index (κ3) is 3.43. The molecule has 0 aromatic rings. The summed E-state index contributed by atoms with van der Waals surface area (Å²) in [5.41, 5.74) is 0. The molecule has 0 aromatic heterocycles. The summed E-state index contributed by atoms with van der Waals surface area (Å²) in [6.45, 7) is -0.206. The molecule has 84 valence electrons. The van der Waals surface area contributed by atoms with E-state index in [4.69, 9.17) is 0 Å². The van der Waals surface area contributed by atoms with E-state index in [0.29, 0.717) is 12.8 Å². The molecule has 0 atom stereocenters. The van der Waals surface area contributed by atoms with E-state index in [2.05, 4.69) is 4.74 Å². The van der Waals surface area contributed by atoms with E-state index < -0.39 is 0 Å². The summed E-state index contributed by atoms with van der Waals surface area (Å²) < 4.78 is 4.65. The number of amides is 2. The Morgan fingerprint density at radius 1 is 1.27 bits per heavy atom. The fourth-order valence-electron chi connectivity index (χ4n) is 1.52. The van der Waals surface area contributed by atoms with Gasteiger partial charge >= 0.3 is 0 Å². The van der Waals surface area contributed by atoms with Crippen molar-refractivity contribution >= 4 is 17.6 Å². The van der Waals surface area contributed by atoms with Gasteiger partial charge in [0.15, 0.2) is 5.78 Å². The molecule has 1 aliphatic heterocycles. The van der Waals surface area contributed by atoms with Gasteiger partial charge in [-0.1, -0.05) is 0 Å². The minimum absolute atomic E-state index is 0.0585. The normalized spacial score (nSPS) is 17.8. The Hall–Kier alpha value is -1.23. The third-order valence-corrected chi connectivity index (χ3v) is 2.27. The molecule has 0 aromatic carbocycles. The van der Waals surface area contributed by atoms with Crippen molar-refractivity contribution in [3.8, 4) is 0 Å². The third-order valence-electron chi connectivity index (χ3n) is 2.27. The molecule has 5 nitrogen and oxygen atoms in total. The molecular formula is C10H15NO4. The number of methoxy groups -OCH3 is 1. The van der Waals surface area contributed by atoms with Crippen molar-refractivity contribution in [1.29, 1.82) is 0 Å². The molecule has 1 heterocycles. The van der Waals surface area contributed by atoms with Crippen LogP contribution in [0.15, 0.2) is 0 Å². The second-order valence-corrected chi connectivity index (χ2v) is 3.55. The van der Waals surface area contributed by atoms with Crippen LogP contribution in [0.1, 0.15) is 25.7 Å². The SMILES string of the molecule is COCC(=O)CN1C(=O)CCCCC1=O. The van der Waals surface area contributed by atoms with Gasteiger partial charge in [0.1, 0.15) is 6.61 Å². The highest BCUT2D eigenvalue weighted by atomic mass is 16.5. The van der Waals surface area contributed by atoms with Gasteiger partial charge in [0, 0.05) is 20.0 Å². The second-order valence-electron chi connectivity index (χ2n) is 3.55. The minimum atomic E-state index is -0.249. The van der Waals surface area contributed by atoms with Crippen molar-refractivity contribution < 1.29 is 19.1 Å². The van der Waals surface area contributed by atoms with Gasteiger partial charge in [-0.25, -0.2) is 0 Å². The lowest BCUT2D eigenvalue weighted by atomic mass is 10.2. The molecule has 1 saturated heterocycles. The smallest absolute Gasteiger partial charge is 0.229 e. The van der Waals surface area contributed by atoms with Crippen LogP contribution in [0, 0.1) is 0 Å². The molecule has 5 heteroatoms.